The monoisotopic (exact) mass is 348 g/mol. The molecule has 0 aliphatic heterocycles. The second-order valence-electron chi connectivity index (χ2n) is 6.49. The number of carboxylic acid groups (broad SMARTS) is 1. The number of carbonyl (C=O) groups is 1. The molecule has 4 nitrogen and oxygen atoms in total. The molecule has 0 bridgehead atoms. The van der Waals surface area contributed by atoms with Gasteiger partial charge in [0, 0.05) is 36.6 Å². The molecule has 0 saturated heterocycles. The SMILES string of the molecule is Cc1c(CNCc2ccccc2)c(C(=O)O)c(C)n1Cc1ccccc1. The Hall–Kier alpha value is -2.85. The van der Waals surface area contributed by atoms with E-state index in [4.69, 9.17) is 0 Å². The minimum absolute atomic E-state index is 0.416. The maximum absolute atomic E-state index is 11.9. The van der Waals surface area contributed by atoms with Crippen LogP contribution in [0.5, 0.6) is 0 Å². The van der Waals surface area contributed by atoms with Crippen LogP contribution in [0.15, 0.2) is 60.7 Å². The molecule has 0 amide bonds. The molecule has 0 radical (unpaired) electrons. The molecule has 0 spiro atoms. The Labute approximate surface area is 154 Å². The van der Waals surface area contributed by atoms with Crippen LogP contribution in [0, 0.1) is 13.8 Å². The quantitative estimate of drug-likeness (QED) is 0.675. The van der Waals surface area contributed by atoms with Crippen LogP contribution in [0.25, 0.3) is 0 Å². The van der Waals surface area contributed by atoms with Crippen LogP contribution in [-0.2, 0) is 19.6 Å². The second-order valence-corrected chi connectivity index (χ2v) is 6.49. The molecule has 3 aromatic rings. The van der Waals surface area contributed by atoms with Gasteiger partial charge in [0.25, 0.3) is 0 Å². The molecule has 3 rings (SSSR count). The maximum Gasteiger partial charge on any atom is 0.337 e. The molecule has 0 fully saturated rings. The summed E-state index contributed by atoms with van der Waals surface area (Å²) in [5.41, 5.74) is 5.43. The predicted octanol–water partition coefficient (Wildman–Crippen LogP) is 4.14. The lowest BCUT2D eigenvalue weighted by Gasteiger charge is -2.10. The smallest absolute Gasteiger partial charge is 0.337 e. The van der Waals surface area contributed by atoms with Gasteiger partial charge in [-0.25, -0.2) is 4.79 Å². The summed E-state index contributed by atoms with van der Waals surface area (Å²) in [5, 5.41) is 13.1. The first-order valence-electron chi connectivity index (χ1n) is 8.78. The molecule has 1 heterocycles. The zero-order chi connectivity index (χ0) is 18.5. The fourth-order valence-electron chi connectivity index (χ4n) is 3.38. The average Bonchev–Trinajstić information content (AvgIpc) is 2.88. The second kappa shape index (κ2) is 8.02. The fourth-order valence-corrected chi connectivity index (χ4v) is 3.38. The highest BCUT2D eigenvalue weighted by Gasteiger charge is 2.22. The molecule has 0 unspecified atom stereocenters. The van der Waals surface area contributed by atoms with Crippen molar-refractivity contribution < 1.29 is 9.90 Å². The Morgan fingerprint density at radius 3 is 2.04 bits per heavy atom. The van der Waals surface area contributed by atoms with Crippen molar-refractivity contribution in [2.75, 3.05) is 0 Å². The van der Waals surface area contributed by atoms with Crippen molar-refractivity contribution >= 4 is 5.97 Å². The summed E-state index contributed by atoms with van der Waals surface area (Å²) in [5.74, 6) is -0.867. The van der Waals surface area contributed by atoms with Crippen molar-refractivity contribution in [2.24, 2.45) is 0 Å². The number of hydrogen-bond donors (Lipinski definition) is 2. The molecule has 2 N–H and O–H groups in total. The van der Waals surface area contributed by atoms with Gasteiger partial charge < -0.3 is 15.0 Å². The molecule has 2 aromatic carbocycles. The van der Waals surface area contributed by atoms with Gasteiger partial charge in [0.1, 0.15) is 0 Å². The van der Waals surface area contributed by atoms with Gasteiger partial charge in [-0.1, -0.05) is 60.7 Å². The first-order chi connectivity index (χ1) is 12.6. The van der Waals surface area contributed by atoms with Gasteiger partial charge in [-0.2, -0.15) is 0 Å². The highest BCUT2D eigenvalue weighted by Crippen LogP contribution is 2.24. The Kier molecular flexibility index (Phi) is 5.54. The van der Waals surface area contributed by atoms with Gasteiger partial charge in [-0.05, 0) is 25.0 Å². The van der Waals surface area contributed by atoms with E-state index in [0.717, 1.165) is 22.5 Å². The van der Waals surface area contributed by atoms with E-state index in [1.807, 2.05) is 50.2 Å². The van der Waals surface area contributed by atoms with E-state index in [1.54, 1.807) is 0 Å². The van der Waals surface area contributed by atoms with Crippen LogP contribution in [0.3, 0.4) is 0 Å². The molecular weight excluding hydrogens is 324 g/mol. The molecule has 1 aromatic heterocycles. The van der Waals surface area contributed by atoms with E-state index in [1.165, 1.54) is 5.56 Å². The van der Waals surface area contributed by atoms with Gasteiger partial charge in [0.05, 0.1) is 5.56 Å². The minimum Gasteiger partial charge on any atom is -0.478 e. The molecular formula is C22H24N2O2. The summed E-state index contributed by atoms with van der Waals surface area (Å²) in [7, 11) is 0. The van der Waals surface area contributed by atoms with Crippen LogP contribution < -0.4 is 5.32 Å². The van der Waals surface area contributed by atoms with Crippen LogP contribution in [0.1, 0.15) is 38.4 Å². The number of rotatable bonds is 7. The Morgan fingerprint density at radius 2 is 1.46 bits per heavy atom. The van der Waals surface area contributed by atoms with Crippen molar-refractivity contribution in [1.82, 2.24) is 9.88 Å². The maximum atomic E-state index is 11.9. The first kappa shape index (κ1) is 18.0. The van der Waals surface area contributed by atoms with Crippen LogP contribution >= 0.6 is 0 Å². The molecule has 26 heavy (non-hydrogen) atoms. The topological polar surface area (TPSA) is 54.3 Å². The van der Waals surface area contributed by atoms with Gasteiger partial charge in [-0.15, -0.1) is 0 Å². The van der Waals surface area contributed by atoms with Gasteiger partial charge in [0.15, 0.2) is 0 Å². The summed E-state index contributed by atoms with van der Waals surface area (Å²) in [6, 6.07) is 20.2. The summed E-state index contributed by atoms with van der Waals surface area (Å²) in [4.78, 5) is 11.9. The van der Waals surface area contributed by atoms with Gasteiger partial charge in [0.2, 0.25) is 0 Å². The minimum atomic E-state index is -0.867. The number of hydrogen-bond acceptors (Lipinski definition) is 2. The zero-order valence-corrected chi connectivity index (χ0v) is 15.2. The van der Waals surface area contributed by atoms with Crippen molar-refractivity contribution in [3.05, 3.63) is 94.3 Å². The summed E-state index contributed by atoms with van der Waals surface area (Å²) in [6.45, 7) is 5.81. The first-order valence-corrected chi connectivity index (χ1v) is 8.78. The molecule has 134 valence electrons. The number of nitrogens with zero attached hydrogens (tertiary/aromatic N) is 1. The van der Waals surface area contributed by atoms with Crippen molar-refractivity contribution in [3.8, 4) is 0 Å². The number of nitrogens with one attached hydrogen (secondary N) is 1. The molecule has 0 atom stereocenters. The van der Waals surface area contributed by atoms with Gasteiger partial charge in [-0.3, -0.25) is 0 Å². The third kappa shape index (κ3) is 3.86. The summed E-state index contributed by atoms with van der Waals surface area (Å²) < 4.78 is 2.10. The van der Waals surface area contributed by atoms with E-state index in [0.29, 0.717) is 25.2 Å². The average molecular weight is 348 g/mol. The standard InChI is InChI=1S/C22H24N2O2/c1-16-20(14-23-13-18-9-5-3-6-10-18)21(22(25)26)17(2)24(16)15-19-11-7-4-8-12-19/h3-12,23H,13-15H2,1-2H3,(H,25,26). The summed E-state index contributed by atoms with van der Waals surface area (Å²) >= 11 is 0. The molecule has 4 heteroatoms. The fraction of sp³-hybridized carbons (Fsp3) is 0.227. The lowest BCUT2D eigenvalue weighted by molar-refractivity contribution is 0.0694. The van der Waals surface area contributed by atoms with E-state index < -0.39 is 5.97 Å². The number of carboxylic acids is 1. The van der Waals surface area contributed by atoms with Crippen LogP contribution in [-0.4, -0.2) is 15.6 Å². The molecule has 0 aliphatic rings. The largest absolute Gasteiger partial charge is 0.478 e. The number of benzene rings is 2. The normalized spacial score (nSPS) is 10.8. The van der Waals surface area contributed by atoms with Crippen molar-refractivity contribution in [3.63, 3.8) is 0 Å². The number of aromatic carboxylic acids is 1. The number of aromatic nitrogens is 1. The Balaban J connectivity index is 1.84. The third-order valence-corrected chi connectivity index (χ3v) is 4.78. The lowest BCUT2D eigenvalue weighted by atomic mass is 10.1. The van der Waals surface area contributed by atoms with E-state index >= 15 is 0 Å². The lowest BCUT2D eigenvalue weighted by Crippen LogP contribution is -2.15. The van der Waals surface area contributed by atoms with E-state index in [-0.39, 0.29) is 0 Å². The predicted molar refractivity (Wildman–Crippen MR) is 103 cm³/mol. The van der Waals surface area contributed by atoms with Crippen LogP contribution in [0.2, 0.25) is 0 Å². The summed E-state index contributed by atoms with van der Waals surface area (Å²) in [6.07, 6.45) is 0. The zero-order valence-electron chi connectivity index (χ0n) is 15.2. The van der Waals surface area contributed by atoms with Crippen molar-refractivity contribution in [1.29, 1.82) is 0 Å². The third-order valence-electron chi connectivity index (χ3n) is 4.78. The highest BCUT2D eigenvalue weighted by atomic mass is 16.4. The van der Waals surface area contributed by atoms with E-state index in [2.05, 4.69) is 34.1 Å². The van der Waals surface area contributed by atoms with Crippen LogP contribution in [0.4, 0.5) is 0 Å². The Morgan fingerprint density at radius 1 is 0.885 bits per heavy atom. The Bertz CT molecular complexity index is 884. The highest BCUT2D eigenvalue weighted by molar-refractivity contribution is 5.91. The molecule has 0 aliphatic carbocycles. The molecule has 0 saturated carbocycles. The van der Waals surface area contributed by atoms with Gasteiger partial charge >= 0.3 is 5.97 Å². The van der Waals surface area contributed by atoms with E-state index in [9.17, 15) is 9.90 Å². The van der Waals surface area contributed by atoms with Crippen molar-refractivity contribution in [2.45, 2.75) is 33.5 Å².